The van der Waals surface area contributed by atoms with Gasteiger partial charge in [0.05, 0.1) is 5.57 Å². The molecular formula is C5H4NO. The van der Waals surface area contributed by atoms with Gasteiger partial charge in [0, 0.05) is 0 Å². The van der Waals surface area contributed by atoms with Crippen LogP contribution in [0.4, 0.5) is 0 Å². The lowest BCUT2D eigenvalue weighted by molar-refractivity contribution is 0.563. The predicted octanol–water partition coefficient (Wildman–Crippen LogP) is 0.566. The summed E-state index contributed by atoms with van der Waals surface area (Å²) in [4.78, 5) is 9.55. The number of nitrogens with zero attached hydrogens (tertiary/aromatic N) is 1. The Hall–Kier alpha value is -1.10. The molecule has 0 aromatic heterocycles. The first-order valence-electron chi connectivity index (χ1n) is 1.79. The van der Waals surface area contributed by atoms with Crippen molar-refractivity contribution in [3.63, 3.8) is 0 Å². The largest absolute Gasteiger partial charge is 0.284 e. The lowest BCUT2D eigenvalue weighted by atomic mass is 10.3. The van der Waals surface area contributed by atoms with E-state index >= 15 is 0 Å². The zero-order valence-electron chi connectivity index (χ0n) is 3.93. The molecule has 0 unspecified atom stereocenters. The van der Waals surface area contributed by atoms with Gasteiger partial charge in [-0.05, 0) is 6.92 Å². The zero-order valence-corrected chi connectivity index (χ0v) is 3.93. The van der Waals surface area contributed by atoms with Crippen LogP contribution in [0.5, 0.6) is 0 Å². The van der Waals surface area contributed by atoms with Gasteiger partial charge in [0.1, 0.15) is 6.07 Å². The minimum Gasteiger partial charge on any atom is -0.284 e. The first-order valence-corrected chi connectivity index (χ1v) is 1.79. The molecule has 0 N–H and O–H groups in total. The minimum absolute atomic E-state index is 0.0556. The van der Waals surface area contributed by atoms with Crippen LogP contribution in [0.1, 0.15) is 6.92 Å². The van der Waals surface area contributed by atoms with Crippen LogP contribution >= 0.6 is 0 Å². The Balaban J connectivity index is 3.94. The van der Waals surface area contributed by atoms with E-state index in [0.29, 0.717) is 0 Å². The van der Waals surface area contributed by atoms with Crippen LogP contribution in [0.25, 0.3) is 0 Å². The van der Waals surface area contributed by atoms with E-state index in [4.69, 9.17) is 5.26 Å². The van der Waals surface area contributed by atoms with Gasteiger partial charge in [-0.25, -0.2) is 0 Å². The van der Waals surface area contributed by atoms with Crippen molar-refractivity contribution < 1.29 is 4.79 Å². The number of allylic oxidation sites excluding steroid dienone is 2. The van der Waals surface area contributed by atoms with E-state index in [0.717, 1.165) is 0 Å². The second-order valence-electron chi connectivity index (χ2n) is 0.916. The number of hydrogen-bond donors (Lipinski definition) is 0. The molecule has 7 heavy (non-hydrogen) atoms. The van der Waals surface area contributed by atoms with Gasteiger partial charge < -0.3 is 0 Å². The molecule has 1 radical (unpaired) electrons. The van der Waals surface area contributed by atoms with Crippen LogP contribution < -0.4 is 0 Å². The molecule has 0 amide bonds. The molecular weight excluding hydrogens is 90.1 g/mol. The van der Waals surface area contributed by atoms with Crippen LogP contribution in [0, 0.1) is 11.3 Å². The SMILES string of the molecule is C/C=C(\[C]=O)C#N. The van der Waals surface area contributed by atoms with Crippen LogP contribution in [0.15, 0.2) is 11.6 Å². The summed E-state index contributed by atoms with van der Waals surface area (Å²) in [5, 5.41) is 7.95. The summed E-state index contributed by atoms with van der Waals surface area (Å²) >= 11 is 0. The highest BCUT2D eigenvalue weighted by atomic mass is 16.1. The fraction of sp³-hybridized carbons (Fsp3) is 0.200. The molecule has 2 nitrogen and oxygen atoms in total. The second-order valence-corrected chi connectivity index (χ2v) is 0.916. The van der Waals surface area contributed by atoms with Gasteiger partial charge in [-0.1, -0.05) is 6.08 Å². The van der Waals surface area contributed by atoms with E-state index in [2.05, 4.69) is 0 Å². The summed E-state index contributed by atoms with van der Waals surface area (Å²) < 4.78 is 0. The number of hydrogen-bond acceptors (Lipinski definition) is 2. The molecule has 0 spiro atoms. The van der Waals surface area contributed by atoms with Crippen LogP contribution in [-0.2, 0) is 4.79 Å². The fourth-order valence-electron chi connectivity index (χ4n) is 0.146. The Morgan fingerprint density at radius 2 is 2.43 bits per heavy atom. The molecule has 0 aliphatic carbocycles. The van der Waals surface area contributed by atoms with Crippen LogP contribution in [0.3, 0.4) is 0 Å². The molecule has 0 bridgehead atoms. The maximum Gasteiger partial charge on any atom is 0.244 e. The van der Waals surface area contributed by atoms with Crippen molar-refractivity contribution in [1.29, 1.82) is 5.26 Å². The third kappa shape index (κ3) is 1.72. The molecule has 0 rings (SSSR count). The third-order valence-corrected chi connectivity index (χ3v) is 0.519. The minimum atomic E-state index is 0.0556. The van der Waals surface area contributed by atoms with E-state index in [1.807, 2.05) is 0 Å². The Labute approximate surface area is 42.1 Å². The molecule has 0 aliphatic rings. The van der Waals surface area contributed by atoms with Gasteiger partial charge in [-0.2, -0.15) is 5.26 Å². The van der Waals surface area contributed by atoms with Gasteiger partial charge >= 0.3 is 0 Å². The Morgan fingerprint density at radius 3 is 2.43 bits per heavy atom. The molecule has 0 heterocycles. The maximum absolute atomic E-state index is 9.55. The topological polar surface area (TPSA) is 40.9 Å². The summed E-state index contributed by atoms with van der Waals surface area (Å²) in [6.07, 6.45) is 2.86. The average molecular weight is 94.1 g/mol. The van der Waals surface area contributed by atoms with E-state index in [9.17, 15) is 4.79 Å². The number of rotatable bonds is 1. The van der Waals surface area contributed by atoms with Crippen molar-refractivity contribution in [2.75, 3.05) is 0 Å². The van der Waals surface area contributed by atoms with Crippen molar-refractivity contribution in [3.05, 3.63) is 11.6 Å². The van der Waals surface area contributed by atoms with Gasteiger partial charge in [-0.3, -0.25) is 4.79 Å². The molecule has 2 heteroatoms. The summed E-state index contributed by atoms with van der Waals surface area (Å²) in [5.41, 5.74) is 0.0556. The number of nitriles is 1. The highest BCUT2D eigenvalue weighted by Gasteiger charge is 1.84. The molecule has 35 valence electrons. The van der Waals surface area contributed by atoms with E-state index in [1.54, 1.807) is 13.0 Å². The molecule has 0 saturated carbocycles. The number of carbonyl (C=O) groups excluding carboxylic acids is 1. The average Bonchev–Trinajstić information content (AvgIpc) is 1.72. The van der Waals surface area contributed by atoms with Crippen molar-refractivity contribution >= 4 is 6.29 Å². The lowest BCUT2D eigenvalue weighted by Gasteiger charge is -1.68. The van der Waals surface area contributed by atoms with Gasteiger partial charge in [0.2, 0.25) is 6.29 Å². The van der Waals surface area contributed by atoms with Crippen molar-refractivity contribution in [2.45, 2.75) is 6.92 Å². The normalized spacial score (nSPS) is 10.0. The summed E-state index contributed by atoms with van der Waals surface area (Å²) in [6, 6.07) is 1.64. The highest BCUT2D eigenvalue weighted by Crippen LogP contribution is 1.81. The summed E-state index contributed by atoms with van der Waals surface area (Å²) in [5.74, 6) is 0. The monoisotopic (exact) mass is 94.0 g/mol. The Morgan fingerprint density at radius 1 is 1.86 bits per heavy atom. The van der Waals surface area contributed by atoms with E-state index < -0.39 is 0 Å². The van der Waals surface area contributed by atoms with Crippen LogP contribution in [-0.4, -0.2) is 6.29 Å². The predicted molar refractivity (Wildman–Crippen MR) is 25.1 cm³/mol. The summed E-state index contributed by atoms with van der Waals surface area (Å²) in [7, 11) is 0. The fourth-order valence-corrected chi connectivity index (χ4v) is 0.146. The molecule has 0 fully saturated rings. The van der Waals surface area contributed by atoms with Crippen molar-refractivity contribution in [3.8, 4) is 6.07 Å². The van der Waals surface area contributed by atoms with Gasteiger partial charge in [-0.15, -0.1) is 0 Å². The second kappa shape index (κ2) is 3.10. The lowest BCUT2D eigenvalue weighted by Crippen LogP contribution is -1.73. The highest BCUT2D eigenvalue weighted by molar-refractivity contribution is 5.79. The standard InChI is InChI=1S/C5H4NO/c1-2-5(3-6)4-7/h2H,1H3/b5-2-. The maximum atomic E-state index is 9.55. The Kier molecular flexibility index (Phi) is 2.62. The molecule has 0 aromatic rings. The van der Waals surface area contributed by atoms with Gasteiger partial charge in [0.25, 0.3) is 0 Å². The molecule has 0 atom stereocenters. The van der Waals surface area contributed by atoms with E-state index in [-0.39, 0.29) is 5.57 Å². The summed E-state index contributed by atoms with van der Waals surface area (Å²) in [6.45, 7) is 1.61. The van der Waals surface area contributed by atoms with E-state index in [1.165, 1.54) is 12.4 Å². The first kappa shape index (κ1) is 5.90. The molecule has 0 aromatic carbocycles. The van der Waals surface area contributed by atoms with Crippen molar-refractivity contribution in [2.24, 2.45) is 0 Å². The Bertz CT molecular complexity index is 130. The first-order chi connectivity index (χ1) is 3.35. The van der Waals surface area contributed by atoms with Crippen LogP contribution in [0.2, 0.25) is 0 Å². The third-order valence-electron chi connectivity index (χ3n) is 0.519. The molecule has 0 saturated heterocycles. The van der Waals surface area contributed by atoms with Crippen molar-refractivity contribution in [1.82, 2.24) is 0 Å². The smallest absolute Gasteiger partial charge is 0.244 e. The zero-order chi connectivity index (χ0) is 5.70. The van der Waals surface area contributed by atoms with Gasteiger partial charge in [0.15, 0.2) is 0 Å². The quantitative estimate of drug-likeness (QED) is 0.352. The molecule has 0 aliphatic heterocycles.